The molecule has 1 N–H and O–H groups in total. The average Bonchev–Trinajstić information content (AvgIpc) is 2.98. The van der Waals surface area contributed by atoms with Crippen LogP contribution in [-0.2, 0) is 0 Å². The molecule has 2 atom stereocenters. The minimum Gasteiger partial charge on any atom is -0.388 e. The van der Waals surface area contributed by atoms with Gasteiger partial charge >= 0.3 is 0 Å². The van der Waals surface area contributed by atoms with Crippen molar-refractivity contribution in [3.05, 3.63) is 0 Å². The van der Waals surface area contributed by atoms with Gasteiger partial charge in [0.15, 0.2) is 0 Å². The summed E-state index contributed by atoms with van der Waals surface area (Å²) >= 11 is 0. The zero-order valence-electron chi connectivity index (χ0n) is 12.9. The molecule has 0 aromatic heterocycles. The molecule has 0 aliphatic carbocycles. The highest BCUT2D eigenvalue weighted by Crippen LogP contribution is 2.39. The Labute approximate surface area is 119 Å². The molecule has 2 nitrogen and oxygen atoms in total. The first-order valence-electron chi connectivity index (χ1n) is 8.73. The monoisotopic (exact) mass is 267 g/mol. The summed E-state index contributed by atoms with van der Waals surface area (Å²) in [4.78, 5) is 2.52. The van der Waals surface area contributed by atoms with Crippen LogP contribution in [0.25, 0.3) is 0 Å². The minimum atomic E-state index is -0.335. The summed E-state index contributed by atoms with van der Waals surface area (Å²) in [7, 11) is 0. The highest BCUT2D eigenvalue weighted by molar-refractivity contribution is 5.02. The van der Waals surface area contributed by atoms with Crippen LogP contribution in [-0.4, -0.2) is 34.7 Å². The van der Waals surface area contributed by atoms with E-state index >= 15 is 0 Å². The molecule has 0 bridgehead atoms. The highest BCUT2D eigenvalue weighted by Gasteiger charge is 2.47. The summed E-state index contributed by atoms with van der Waals surface area (Å²) < 4.78 is 0. The Morgan fingerprint density at radius 2 is 1.68 bits per heavy atom. The van der Waals surface area contributed by atoms with Crippen molar-refractivity contribution in [1.29, 1.82) is 0 Å². The SMILES string of the molecule is CCCCCCCCCCC1(O)CCN2CCCC21. The maximum Gasteiger partial charge on any atom is 0.0814 e. The summed E-state index contributed by atoms with van der Waals surface area (Å²) in [5, 5.41) is 10.8. The van der Waals surface area contributed by atoms with Gasteiger partial charge in [0.1, 0.15) is 0 Å². The maximum absolute atomic E-state index is 10.8. The zero-order valence-corrected chi connectivity index (χ0v) is 12.9. The lowest BCUT2D eigenvalue weighted by Crippen LogP contribution is -2.41. The molecule has 2 aliphatic heterocycles. The van der Waals surface area contributed by atoms with Gasteiger partial charge in [-0.3, -0.25) is 4.90 Å². The Morgan fingerprint density at radius 1 is 1.00 bits per heavy atom. The van der Waals surface area contributed by atoms with Crippen molar-refractivity contribution in [2.45, 2.75) is 95.6 Å². The van der Waals surface area contributed by atoms with E-state index in [0.717, 1.165) is 19.4 Å². The molecule has 0 amide bonds. The molecule has 2 heterocycles. The predicted molar refractivity (Wildman–Crippen MR) is 81.4 cm³/mol. The van der Waals surface area contributed by atoms with Gasteiger partial charge in [-0.1, -0.05) is 58.3 Å². The molecule has 19 heavy (non-hydrogen) atoms. The van der Waals surface area contributed by atoms with Gasteiger partial charge in [-0.2, -0.15) is 0 Å². The molecule has 0 aromatic rings. The third-order valence-electron chi connectivity index (χ3n) is 5.28. The molecule has 2 fully saturated rings. The predicted octanol–water partition coefficient (Wildman–Crippen LogP) is 4.12. The smallest absolute Gasteiger partial charge is 0.0814 e. The molecule has 2 aliphatic rings. The number of hydrogen-bond donors (Lipinski definition) is 1. The summed E-state index contributed by atoms with van der Waals surface area (Å²) in [5.41, 5.74) is -0.335. The van der Waals surface area contributed by atoms with Crippen molar-refractivity contribution >= 4 is 0 Å². The third-order valence-corrected chi connectivity index (χ3v) is 5.28. The third kappa shape index (κ3) is 4.19. The van der Waals surface area contributed by atoms with E-state index in [1.54, 1.807) is 0 Å². The van der Waals surface area contributed by atoms with Gasteiger partial charge in [0.25, 0.3) is 0 Å². The van der Waals surface area contributed by atoms with Crippen molar-refractivity contribution < 1.29 is 5.11 Å². The summed E-state index contributed by atoms with van der Waals surface area (Å²) in [5.74, 6) is 0. The van der Waals surface area contributed by atoms with Gasteiger partial charge in [-0.25, -0.2) is 0 Å². The number of nitrogens with zero attached hydrogens (tertiary/aromatic N) is 1. The van der Waals surface area contributed by atoms with Crippen LogP contribution in [0.15, 0.2) is 0 Å². The van der Waals surface area contributed by atoms with E-state index in [4.69, 9.17) is 0 Å². The molecule has 2 unspecified atom stereocenters. The van der Waals surface area contributed by atoms with Crippen LogP contribution in [0.5, 0.6) is 0 Å². The number of fused-ring (bicyclic) bond motifs is 1. The van der Waals surface area contributed by atoms with E-state index in [2.05, 4.69) is 11.8 Å². The van der Waals surface area contributed by atoms with Crippen molar-refractivity contribution in [1.82, 2.24) is 4.90 Å². The topological polar surface area (TPSA) is 23.5 Å². The summed E-state index contributed by atoms with van der Waals surface area (Å²) in [6, 6.07) is 0.497. The maximum atomic E-state index is 10.8. The van der Waals surface area contributed by atoms with Crippen LogP contribution in [0.2, 0.25) is 0 Å². The fourth-order valence-electron chi connectivity index (χ4n) is 4.06. The largest absolute Gasteiger partial charge is 0.388 e. The molecule has 2 rings (SSSR count). The van der Waals surface area contributed by atoms with Crippen LogP contribution in [0.3, 0.4) is 0 Å². The minimum absolute atomic E-state index is 0.335. The molecule has 0 aromatic carbocycles. The van der Waals surface area contributed by atoms with E-state index < -0.39 is 0 Å². The number of hydrogen-bond acceptors (Lipinski definition) is 2. The molecule has 0 radical (unpaired) electrons. The lowest BCUT2D eigenvalue weighted by molar-refractivity contribution is 0.00361. The van der Waals surface area contributed by atoms with Gasteiger partial charge in [-0.15, -0.1) is 0 Å². The number of aliphatic hydroxyl groups is 1. The van der Waals surface area contributed by atoms with Gasteiger partial charge in [0.2, 0.25) is 0 Å². The van der Waals surface area contributed by atoms with Crippen LogP contribution in [0.4, 0.5) is 0 Å². The first kappa shape index (κ1) is 15.3. The Morgan fingerprint density at radius 3 is 2.42 bits per heavy atom. The number of rotatable bonds is 9. The Kier molecular flexibility index (Phi) is 6.15. The van der Waals surface area contributed by atoms with Gasteiger partial charge in [0.05, 0.1) is 5.60 Å². The van der Waals surface area contributed by atoms with Gasteiger partial charge in [0, 0.05) is 12.6 Å². The van der Waals surface area contributed by atoms with Crippen LogP contribution >= 0.6 is 0 Å². The molecule has 0 saturated carbocycles. The summed E-state index contributed by atoms with van der Waals surface area (Å²) in [6.45, 7) is 4.64. The Balaban J connectivity index is 1.53. The average molecular weight is 267 g/mol. The molecule has 0 spiro atoms. The normalized spacial score (nSPS) is 30.9. The van der Waals surface area contributed by atoms with Crippen molar-refractivity contribution in [2.24, 2.45) is 0 Å². The fraction of sp³-hybridized carbons (Fsp3) is 1.00. The zero-order chi connectivity index (χ0) is 13.6. The number of unbranched alkanes of at least 4 members (excludes halogenated alkanes) is 7. The second-order valence-electron chi connectivity index (χ2n) is 6.77. The van der Waals surface area contributed by atoms with Crippen LogP contribution in [0.1, 0.15) is 84.0 Å². The van der Waals surface area contributed by atoms with Crippen LogP contribution < -0.4 is 0 Å². The van der Waals surface area contributed by atoms with Gasteiger partial charge in [-0.05, 0) is 32.2 Å². The standard InChI is InChI=1S/C17H33NO/c1-2-3-4-5-6-7-8-9-12-17(19)13-15-18-14-10-11-16(17)18/h16,19H,2-15H2,1H3. The van der Waals surface area contributed by atoms with E-state index in [0.29, 0.717) is 6.04 Å². The molecule has 2 saturated heterocycles. The first-order valence-corrected chi connectivity index (χ1v) is 8.73. The Hall–Kier alpha value is -0.0800. The lowest BCUT2D eigenvalue weighted by Gasteiger charge is -2.30. The second kappa shape index (κ2) is 7.64. The quantitative estimate of drug-likeness (QED) is 0.635. The molecule has 2 heteroatoms. The molecular weight excluding hydrogens is 234 g/mol. The molecular formula is C17H33NO. The van der Waals surface area contributed by atoms with Crippen molar-refractivity contribution in [3.8, 4) is 0 Å². The molecule has 112 valence electrons. The van der Waals surface area contributed by atoms with Crippen molar-refractivity contribution in [2.75, 3.05) is 13.1 Å². The Bertz CT molecular complexity index is 256. The van der Waals surface area contributed by atoms with E-state index in [1.165, 1.54) is 70.8 Å². The van der Waals surface area contributed by atoms with E-state index in [1.807, 2.05) is 0 Å². The summed E-state index contributed by atoms with van der Waals surface area (Å²) in [6.07, 6.45) is 15.5. The second-order valence-corrected chi connectivity index (χ2v) is 6.77. The van der Waals surface area contributed by atoms with Crippen LogP contribution in [0, 0.1) is 0 Å². The first-order chi connectivity index (χ1) is 9.26. The van der Waals surface area contributed by atoms with Crippen molar-refractivity contribution in [3.63, 3.8) is 0 Å². The van der Waals surface area contributed by atoms with E-state index in [-0.39, 0.29) is 5.60 Å². The highest BCUT2D eigenvalue weighted by atomic mass is 16.3. The fourth-order valence-corrected chi connectivity index (χ4v) is 4.06. The van der Waals surface area contributed by atoms with E-state index in [9.17, 15) is 5.11 Å². The van der Waals surface area contributed by atoms with Gasteiger partial charge < -0.3 is 5.11 Å². The lowest BCUT2D eigenvalue weighted by atomic mass is 9.87.